The van der Waals surface area contributed by atoms with Crippen LogP contribution in [0.25, 0.3) is 0 Å². The van der Waals surface area contributed by atoms with Gasteiger partial charge < -0.3 is 5.11 Å². The lowest BCUT2D eigenvalue weighted by Gasteiger charge is -2.10. The Bertz CT molecular complexity index is 985. The van der Waals surface area contributed by atoms with Crippen molar-refractivity contribution in [2.75, 3.05) is 0 Å². The molecule has 26 heavy (non-hydrogen) atoms. The van der Waals surface area contributed by atoms with Crippen molar-refractivity contribution in [2.24, 2.45) is 0 Å². The number of hydrogen-bond acceptors (Lipinski definition) is 6. The third-order valence-corrected chi connectivity index (χ3v) is 4.63. The number of carbonyl (C=O) groups is 2. The van der Waals surface area contributed by atoms with Crippen molar-refractivity contribution < 1.29 is 28.0 Å². The first-order valence-electron chi connectivity index (χ1n) is 7.02. The molecule has 11 heteroatoms. The molecule has 0 aliphatic heterocycles. The molecule has 1 amide bonds. The lowest BCUT2D eigenvalue weighted by atomic mass is 10.1. The highest BCUT2D eigenvalue weighted by Crippen LogP contribution is 2.16. The molecular formula is C15H13N3O7S. The van der Waals surface area contributed by atoms with Crippen molar-refractivity contribution in [3.8, 4) is 0 Å². The number of non-ortho nitro benzene ring substituents is 1. The smallest absolute Gasteiger partial charge is 0.335 e. The number of amides is 1. The van der Waals surface area contributed by atoms with Gasteiger partial charge in [-0.05, 0) is 36.8 Å². The van der Waals surface area contributed by atoms with E-state index in [1.165, 1.54) is 19.1 Å². The first kappa shape index (κ1) is 19.0. The van der Waals surface area contributed by atoms with E-state index in [1.807, 2.05) is 10.3 Å². The van der Waals surface area contributed by atoms with Gasteiger partial charge in [0.1, 0.15) is 0 Å². The van der Waals surface area contributed by atoms with E-state index in [0.717, 1.165) is 30.3 Å². The maximum absolute atomic E-state index is 12.2. The van der Waals surface area contributed by atoms with Crippen LogP contribution in [0, 0.1) is 17.0 Å². The van der Waals surface area contributed by atoms with Gasteiger partial charge in [0.25, 0.3) is 21.6 Å². The van der Waals surface area contributed by atoms with Crippen LogP contribution in [0.5, 0.6) is 0 Å². The van der Waals surface area contributed by atoms with E-state index in [-0.39, 0.29) is 21.7 Å². The van der Waals surface area contributed by atoms with E-state index in [0.29, 0.717) is 5.56 Å². The summed E-state index contributed by atoms with van der Waals surface area (Å²) in [5, 5.41) is 19.6. The summed E-state index contributed by atoms with van der Waals surface area (Å²) >= 11 is 0. The predicted molar refractivity (Wildman–Crippen MR) is 89.0 cm³/mol. The van der Waals surface area contributed by atoms with Crippen LogP contribution in [0.15, 0.2) is 47.4 Å². The number of carboxylic acid groups (broad SMARTS) is 1. The van der Waals surface area contributed by atoms with Crippen LogP contribution < -0.4 is 10.3 Å². The summed E-state index contributed by atoms with van der Waals surface area (Å²) in [6, 6.07) is 8.02. The molecule has 2 aromatic carbocycles. The van der Waals surface area contributed by atoms with Gasteiger partial charge in [-0.3, -0.25) is 20.3 Å². The lowest BCUT2D eigenvalue weighted by Crippen LogP contribution is -2.41. The van der Waals surface area contributed by atoms with Crippen LogP contribution in [-0.2, 0) is 10.0 Å². The molecule has 2 aromatic rings. The fourth-order valence-electron chi connectivity index (χ4n) is 1.98. The highest BCUT2D eigenvalue weighted by Gasteiger charge is 2.19. The maximum Gasteiger partial charge on any atom is 0.335 e. The van der Waals surface area contributed by atoms with E-state index in [2.05, 4.69) is 0 Å². The average molecular weight is 379 g/mol. The molecule has 0 aliphatic carbocycles. The number of sulfonamides is 1. The Morgan fingerprint density at radius 3 is 2.27 bits per heavy atom. The summed E-state index contributed by atoms with van der Waals surface area (Å²) in [6.07, 6.45) is 0. The fourth-order valence-corrected chi connectivity index (χ4v) is 2.84. The van der Waals surface area contributed by atoms with Crippen molar-refractivity contribution in [2.45, 2.75) is 11.8 Å². The Morgan fingerprint density at radius 1 is 1.12 bits per heavy atom. The molecule has 10 nitrogen and oxygen atoms in total. The number of benzene rings is 2. The second kappa shape index (κ2) is 7.29. The lowest BCUT2D eigenvalue weighted by molar-refractivity contribution is -0.384. The quantitative estimate of drug-likeness (QED) is 0.503. The van der Waals surface area contributed by atoms with E-state index >= 15 is 0 Å². The van der Waals surface area contributed by atoms with Crippen LogP contribution in [0.4, 0.5) is 5.69 Å². The Morgan fingerprint density at radius 2 is 1.73 bits per heavy atom. The molecule has 0 heterocycles. The predicted octanol–water partition coefficient (Wildman–Crippen LogP) is 1.22. The standard InChI is InChI=1S/C15H13N3O7S/c1-9-2-7-12(8-13(9)15(20)21)26(24,25)17-16-14(19)10-3-5-11(6-4-10)18(22)23/h2-8,17H,1H3,(H,16,19)(H,20,21). The number of hydrogen-bond donors (Lipinski definition) is 3. The fraction of sp³-hybridized carbons (Fsp3) is 0.0667. The number of nitrogens with one attached hydrogen (secondary N) is 2. The van der Waals surface area contributed by atoms with Crippen molar-refractivity contribution in [1.82, 2.24) is 10.3 Å². The van der Waals surface area contributed by atoms with Gasteiger partial charge in [0.2, 0.25) is 0 Å². The van der Waals surface area contributed by atoms with Crippen molar-refractivity contribution in [1.29, 1.82) is 0 Å². The van der Waals surface area contributed by atoms with Gasteiger partial charge in [-0.2, -0.15) is 0 Å². The minimum absolute atomic E-state index is 0.00608. The molecule has 0 spiro atoms. The molecule has 2 rings (SSSR count). The number of hydrazine groups is 1. The number of carbonyl (C=O) groups excluding carboxylic acids is 1. The minimum atomic E-state index is -4.21. The van der Waals surface area contributed by atoms with Gasteiger partial charge in [-0.25, -0.2) is 13.2 Å². The molecule has 0 unspecified atom stereocenters. The summed E-state index contributed by atoms with van der Waals surface area (Å²) in [5.41, 5.74) is 1.93. The zero-order valence-corrected chi connectivity index (χ0v) is 14.1. The highest BCUT2D eigenvalue weighted by atomic mass is 32.2. The third-order valence-electron chi connectivity index (χ3n) is 3.39. The first-order chi connectivity index (χ1) is 12.1. The molecule has 0 saturated heterocycles. The SMILES string of the molecule is Cc1ccc(S(=O)(=O)NNC(=O)c2ccc([N+](=O)[O-])cc2)cc1C(=O)O. The number of nitro groups is 1. The van der Waals surface area contributed by atoms with Gasteiger partial charge in [-0.1, -0.05) is 6.07 Å². The number of carboxylic acids is 1. The molecule has 0 radical (unpaired) electrons. The van der Waals surface area contributed by atoms with Crippen molar-refractivity contribution >= 4 is 27.6 Å². The molecule has 0 fully saturated rings. The summed E-state index contributed by atoms with van der Waals surface area (Å²) in [6.45, 7) is 1.52. The molecule has 0 aromatic heterocycles. The molecule has 3 N–H and O–H groups in total. The Labute approximate surface area is 147 Å². The number of aryl methyl sites for hydroxylation is 1. The number of aromatic carboxylic acids is 1. The van der Waals surface area contributed by atoms with E-state index in [4.69, 9.17) is 5.11 Å². The van der Waals surface area contributed by atoms with Gasteiger partial charge in [0, 0.05) is 17.7 Å². The van der Waals surface area contributed by atoms with E-state index < -0.39 is 26.8 Å². The van der Waals surface area contributed by atoms with Crippen LogP contribution >= 0.6 is 0 Å². The minimum Gasteiger partial charge on any atom is -0.478 e. The molecule has 0 bridgehead atoms. The summed E-state index contributed by atoms with van der Waals surface area (Å²) in [5.74, 6) is -2.12. The van der Waals surface area contributed by atoms with E-state index in [9.17, 15) is 28.1 Å². The van der Waals surface area contributed by atoms with Gasteiger partial charge in [-0.15, -0.1) is 4.83 Å². The maximum atomic E-state index is 12.2. The third kappa shape index (κ3) is 4.20. The summed E-state index contributed by atoms with van der Waals surface area (Å²) in [7, 11) is -4.21. The van der Waals surface area contributed by atoms with E-state index in [1.54, 1.807) is 0 Å². The zero-order chi connectivity index (χ0) is 19.5. The summed E-state index contributed by atoms with van der Waals surface area (Å²) in [4.78, 5) is 34.5. The van der Waals surface area contributed by atoms with Gasteiger partial charge in [0.05, 0.1) is 15.4 Å². The van der Waals surface area contributed by atoms with Crippen molar-refractivity contribution in [3.05, 3.63) is 69.3 Å². The topological polar surface area (TPSA) is 156 Å². The second-order valence-electron chi connectivity index (χ2n) is 5.15. The highest BCUT2D eigenvalue weighted by molar-refractivity contribution is 7.89. The van der Waals surface area contributed by atoms with Gasteiger partial charge >= 0.3 is 5.97 Å². The van der Waals surface area contributed by atoms with Crippen LogP contribution in [-0.4, -0.2) is 30.3 Å². The monoisotopic (exact) mass is 379 g/mol. The second-order valence-corrected chi connectivity index (χ2v) is 6.83. The zero-order valence-electron chi connectivity index (χ0n) is 13.3. The largest absolute Gasteiger partial charge is 0.478 e. The molecule has 136 valence electrons. The molecule has 0 aliphatic rings. The van der Waals surface area contributed by atoms with Crippen LogP contribution in [0.2, 0.25) is 0 Å². The average Bonchev–Trinajstić information content (AvgIpc) is 2.59. The Balaban J connectivity index is 2.15. The number of rotatable bonds is 6. The van der Waals surface area contributed by atoms with Gasteiger partial charge in [0.15, 0.2) is 0 Å². The Kier molecular flexibility index (Phi) is 5.33. The molecular weight excluding hydrogens is 366 g/mol. The number of nitro benzene ring substituents is 1. The Hall–Kier alpha value is -3.31. The normalized spacial score (nSPS) is 11.0. The molecule has 0 saturated carbocycles. The van der Waals surface area contributed by atoms with Crippen LogP contribution in [0.1, 0.15) is 26.3 Å². The number of nitrogens with zero attached hydrogens (tertiary/aromatic N) is 1. The molecule has 0 atom stereocenters. The summed E-state index contributed by atoms with van der Waals surface area (Å²) < 4.78 is 24.4. The first-order valence-corrected chi connectivity index (χ1v) is 8.50. The van der Waals surface area contributed by atoms with Crippen LogP contribution in [0.3, 0.4) is 0 Å². The van der Waals surface area contributed by atoms with Crippen molar-refractivity contribution in [3.63, 3.8) is 0 Å².